The first-order valence-electron chi connectivity index (χ1n) is 8.85. The molecule has 3 rings (SSSR count). The zero-order valence-corrected chi connectivity index (χ0v) is 18.2. The van der Waals surface area contributed by atoms with E-state index in [1.807, 2.05) is 0 Å². The molecule has 1 atom stereocenters. The summed E-state index contributed by atoms with van der Waals surface area (Å²) in [4.78, 5) is 4.98. The summed E-state index contributed by atoms with van der Waals surface area (Å²) in [6.07, 6.45) is -4.95. The summed E-state index contributed by atoms with van der Waals surface area (Å²) in [6, 6.07) is 5.14. The smallest absolute Gasteiger partial charge is 0.406 e. The maximum atomic E-state index is 14.0. The largest absolute Gasteiger partial charge is 0.573 e. The molecule has 3 N–H and O–H groups in total. The van der Waals surface area contributed by atoms with Crippen molar-refractivity contribution in [1.82, 2.24) is 25.2 Å². The third-order valence-electron chi connectivity index (χ3n) is 4.08. The second kappa shape index (κ2) is 8.81. The number of primary sulfonamides is 1. The molecule has 16 heteroatoms. The highest BCUT2D eigenvalue weighted by molar-refractivity contribution is 7.89. The minimum Gasteiger partial charge on any atom is -0.406 e. The second-order valence-electron chi connectivity index (χ2n) is 7.05. The third kappa shape index (κ3) is 6.56. The molecule has 3 aromatic rings. The maximum absolute atomic E-state index is 14.0. The molecule has 10 nitrogen and oxygen atoms in total. The molecule has 33 heavy (non-hydrogen) atoms. The molecule has 0 saturated carbocycles. The molecule has 0 fully saturated rings. The van der Waals surface area contributed by atoms with Gasteiger partial charge < -0.3 is 9.84 Å². The fourth-order valence-corrected chi connectivity index (χ4v) is 4.07. The van der Waals surface area contributed by atoms with Crippen LogP contribution in [0.4, 0.5) is 17.6 Å². The van der Waals surface area contributed by atoms with Crippen LogP contribution >= 0.6 is 11.6 Å². The molecular weight excluding hydrogens is 496 g/mol. The fourth-order valence-electron chi connectivity index (χ4n) is 2.84. The van der Waals surface area contributed by atoms with Gasteiger partial charge in [0, 0.05) is 5.56 Å². The fraction of sp³-hybridized carbons (Fsp3) is 0.294. The zero-order valence-electron chi connectivity index (χ0n) is 16.6. The predicted molar refractivity (Wildman–Crippen MR) is 106 cm³/mol. The summed E-state index contributed by atoms with van der Waals surface area (Å²) in [7, 11) is -4.09. The molecule has 0 aliphatic rings. The van der Waals surface area contributed by atoms with E-state index in [4.69, 9.17) is 16.7 Å². The number of nitrogens with two attached hydrogens (primary N) is 1. The minimum atomic E-state index is -4.95. The topological polar surface area (TPSA) is 146 Å². The molecule has 1 unspecified atom stereocenters. The molecular formula is C17H15ClF4N6O4S. The van der Waals surface area contributed by atoms with Gasteiger partial charge in [-0.1, -0.05) is 11.6 Å². The quantitative estimate of drug-likeness (QED) is 0.459. The Bertz CT molecular complexity index is 1280. The molecule has 0 saturated heterocycles. The van der Waals surface area contributed by atoms with Crippen molar-refractivity contribution < 1.29 is 35.8 Å². The van der Waals surface area contributed by atoms with E-state index in [0.29, 0.717) is 0 Å². The highest BCUT2D eigenvalue weighted by Gasteiger charge is 2.33. The second-order valence-corrected chi connectivity index (χ2v) is 9.07. The monoisotopic (exact) mass is 510 g/mol. The normalized spacial score (nSPS) is 14.2. The number of benzene rings is 1. The van der Waals surface area contributed by atoms with Crippen molar-refractivity contribution in [1.29, 1.82) is 0 Å². The molecule has 178 valence electrons. The van der Waals surface area contributed by atoms with Crippen molar-refractivity contribution in [2.24, 2.45) is 5.14 Å². The Morgan fingerprint density at radius 2 is 1.94 bits per heavy atom. The van der Waals surface area contributed by atoms with Crippen LogP contribution in [0.5, 0.6) is 5.75 Å². The Balaban J connectivity index is 1.88. The third-order valence-corrected chi connectivity index (χ3v) is 5.35. The lowest BCUT2D eigenvalue weighted by Gasteiger charge is -2.22. The highest BCUT2D eigenvalue weighted by atomic mass is 35.5. The van der Waals surface area contributed by atoms with Gasteiger partial charge in [-0.05, 0) is 42.5 Å². The number of rotatable bonds is 7. The van der Waals surface area contributed by atoms with Gasteiger partial charge >= 0.3 is 6.36 Å². The standard InChI is InChI=1S/C17H15ClF4N6O4S/c1-16(29,8-33(23,30)31)14-11(18)3-5-13(24-14)15-25-27-28(26-15)7-9-6-10(2-4-12(9)19)32-17(20,21)22/h2-6,29H,7-8H2,1H3,(H2,23,30,31). The van der Waals surface area contributed by atoms with Crippen molar-refractivity contribution in [2.45, 2.75) is 25.4 Å². The van der Waals surface area contributed by atoms with Crippen molar-refractivity contribution in [3.05, 3.63) is 52.4 Å². The SMILES string of the molecule is CC(O)(CS(N)(=O)=O)c1nc(-c2nnn(Cc3cc(OC(F)(F)F)ccc3F)n2)ccc1Cl. The van der Waals surface area contributed by atoms with Gasteiger partial charge in [-0.3, -0.25) is 0 Å². The number of halogens is 5. The van der Waals surface area contributed by atoms with E-state index < -0.39 is 45.9 Å². The van der Waals surface area contributed by atoms with E-state index >= 15 is 0 Å². The number of pyridine rings is 1. The Hall–Kier alpha value is -2.88. The summed E-state index contributed by atoms with van der Waals surface area (Å²) in [5, 5.41) is 26.9. The van der Waals surface area contributed by atoms with Gasteiger partial charge in [0.1, 0.15) is 22.9 Å². The van der Waals surface area contributed by atoms with Crippen molar-refractivity contribution >= 4 is 21.6 Å². The van der Waals surface area contributed by atoms with Gasteiger partial charge in [0.05, 0.1) is 23.0 Å². The van der Waals surface area contributed by atoms with Gasteiger partial charge in [-0.25, -0.2) is 22.9 Å². The van der Waals surface area contributed by atoms with Crippen LogP contribution in [0, 0.1) is 5.82 Å². The van der Waals surface area contributed by atoms with E-state index in [1.165, 1.54) is 12.1 Å². The predicted octanol–water partition coefficient (Wildman–Crippen LogP) is 1.97. The summed E-state index contributed by atoms with van der Waals surface area (Å²) >= 11 is 6.03. The van der Waals surface area contributed by atoms with Crippen LogP contribution in [0.2, 0.25) is 5.02 Å². The number of sulfonamides is 1. The lowest BCUT2D eigenvalue weighted by atomic mass is 10.0. The van der Waals surface area contributed by atoms with E-state index in [0.717, 1.165) is 29.9 Å². The van der Waals surface area contributed by atoms with E-state index in [9.17, 15) is 31.1 Å². The van der Waals surface area contributed by atoms with Gasteiger partial charge in [-0.15, -0.1) is 23.4 Å². The number of alkyl halides is 3. The van der Waals surface area contributed by atoms with Crippen molar-refractivity contribution in [3.8, 4) is 17.3 Å². The lowest BCUT2D eigenvalue weighted by Crippen LogP contribution is -2.35. The first-order chi connectivity index (χ1) is 15.1. The van der Waals surface area contributed by atoms with Crippen LogP contribution in [0.3, 0.4) is 0 Å². The molecule has 0 bridgehead atoms. The van der Waals surface area contributed by atoms with Gasteiger partial charge in [-0.2, -0.15) is 4.80 Å². The molecule has 0 spiro atoms. The number of ether oxygens (including phenoxy) is 1. The van der Waals surface area contributed by atoms with E-state index in [-0.39, 0.29) is 27.8 Å². The van der Waals surface area contributed by atoms with Crippen LogP contribution in [0.25, 0.3) is 11.5 Å². The molecule has 1 aromatic carbocycles. The van der Waals surface area contributed by atoms with Crippen molar-refractivity contribution in [2.75, 3.05) is 5.75 Å². The number of hydrogen-bond acceptors (Lipinski definition) is 8. The summed E-state index contributed by atoms with van der Waals surface area (Å²) < 4.78 is 77.8. The van der Waals surface area contributed by atoms with Gasteiger partial charge in [0.15, 0.2) is 0 Å². The van der Waals surface area contributed by atoms with Gasteiger partial charge in [0.25, 0.3) is 0 Å². The van der Waals surface area contributed by atoms with Crippen LogP contribution in [-0.2, 0) is 22.2 Å². The molecule has 0 radical (unpaired) electrons. The first-order valence-corrected chi connectivity index (χ1v) is 10.9. The Kier molecular flexibility index (Phi) is 6.61. The Morgan fingerprint density at radius 1 is 1.24 bits per heavy atom. The van der Waals surface area contributed by atoms with Crippen molar-refractivity contribution in [3.63, 3.8) is 0 Å². The maximum Gasteiger partial charge on any atom is 0.573 e. The number of nitrogens with zero attached hydrogens (tertiary/aromatic N) is 5. The molecule has 0 aliphatic carbocycles. The van der Waals surface area contributed by atoms with E-state index in [1.54, 1.807) is 0 Å². The number of tetrazole rings is 1. The lowest BCUT2D eigenvalue weighted by molar-refractivity contribution is -0.274. The number of hydrogen-bond donors (Lipinski definition) is 2. The van der Waals surface area contributed by atoms with E-state index in [2.05, 4.69) is 25.1 Å². The molecule has 2 heterocycles. The van der Waals surface area contributed by atoms with Gasteiger partial charge in [0.2, 0.25) is 15.8 Å². The first kappa shape index (κ1) is 24.8. The Morgan fingerprint density at radius 3 is 2.58 bits per heavy atom. The molecule has 2 aromatic heterocycles. The highest BCUT2D eigenvalue weighted by Crippen LogP contribution is 2.29. The Labute approximate surface area is 189 Å². The number of aliphatic hydroxyl groups is 1. The molecule has 0 amide bonds. The summed E-state index contributed by atoms with van der Waals surface area (Å²) in [5.74, 6) is -2.43. The van der Waals surface area contributed by atoms with Crippen LogP contribution < -0.4 is 9.88 Å². The molecule has 0 aliphatic heterocycles. The minimum absolute atomic E-state index is 0.0324. The van der Waals surface area contributed by atoms with Crippen LogP contribution in [-0.4, -0.2) is 50.8 Å². The van der Waals surface area contributed by atoms with Crippen LogP contribution in [0.1, 0.15) is 18.2 Å². The zero-order chi connectivity index (χ0) is 24.6. The van der Waals surface area contributed by atoms with Crippen LogP contribution in [0.15, 0.2) is 30.3 Å². The summed E-state index contributed by atoms with van der Waals surface area (Å²) in [5.41, 5.74) is -2.43. The number of aromatic nitrogens is 5. The average molecular weight is 511 g/mol. The average Bonchev–Trinajstić information content (AvgIpc) is 3.10. The summed E-state index contributed by atoms with van der Waals surface area (Å²) in [6.45, 7) is 0.760.